The van der Waals surface area contributed by atoms with Crippen LogP contribution in [0.5, 0.6) is 0 Å². The molecule has 302 valence electrons. The minimum Gasteiger partial charge on any atom is -0.386 e. The van der Waals surface area contributed by atoms with E-state index in [0.717, 1.165) is 17.2 Å². The smallest absolute Gasteiger partial charge is 0.386 e. The van der Waals surface area contributed by atoms with Gasteiger partial charge in [-0.15, -0.1) is 0 Å². The number of carbonyl (C=O) groups excluding carboxylic acids is 3. The summed E-state index contributed by atoms with van der Waals surface area (Å²) in [6, 6.07) is 0. The van der Waals surface area contributed by atoms with Gasteiger partial charge in [0.05, 0.1) is 19.5 Å². The van der Waals surface area contributed by atoms with Crippen molar-refractivity contribution >= 4 is 68.3 Å². The Bertz CT molecular complexity index is 1760. The van der Waals surface area contributed by atoms with Crippen LogP contribution in [0.4, 0.5) is 5.82 Å². The highest BCUT2D eigenvalue weighted by Gasteiger charge is 2.50. The summed E-state index contributed by atoms with van der Waals surface area (Å²) in [5, 5.41) is 26.5. The standard InChI is InChI=1S/C25H44N7O17P3S/c1-5-16(34)53(4)9-8-27-15(33)6-7-28-23(37)20(36)25(2,3)11-46-52(43,44)49-51(41,42)45-10-14-19(48-50(38,39)40)18(35)24(47-14)32-13-31-17-21(26)29-12-30-22(17)32/h12-14,18-20,24,35-36,53H,5-11H2,1-4H3,(H,27,33)(H,28,37)(H,41,42)(H,43,44)(H2,26,29,30)(H2,38,39,40)/t14-,18-,19-,20?,24-/m1/s1. The summed E-state index contributed by atoms with van der Waals surface area (Å²) >= 11 is 0. The zero-order valence-corrected chi connectivity index (χ0v) is 32.4. The number of fused-ring (bicyclic) bond motifs is 1. The van der Waals surface area contributed by atoms with Gasteiger partial charge in [-0.3, -0.25) is 32.5 Å². The Labute approximate surface area is 304 Å². The number of nitrogens with zero attached hydrogens (tertiary/aromatic N) is 4. The third kappa shape index (κ3) is 13.1. The predicted octanol–water partition coefficient (Wildman–Crippen LogP) is -1.03. The summed E-state index contributed by atoms with van der Waals surface area (Å²) in [6.45, 7) is 2.36. The minimum absolute atomic E-state index is 0.0321. The number of hydrogen-bond acceptors (Lipinski definition) is 17. The number of nitrogen functional groups attached to an aromatic ring is 1. The Morgan fingerprint density at radius 3 is 2.38 bits per heavy atom. The van der Waals surface area contributed by atoms with Crippen LogP contribution in [-0.4, -0.2) is 129 Å². The molecule has 1 saturated heterocycles. The number of anilines is 1. The van der Waals surface area contributed by atoms with E-state index in [1.54, 1.807) is 6.92 Å². The fourth-order valence-corrected chi connectivity index (χ4v) is 8.76. The van der Waals surface area contributed by atoms with Gasteiger partial charge in [-0.1, -0.05) is 20.8 Å². The van der Waals surface area contributed by atoms with E-state index < -0.39 is 95.4 Å². The number of thiol groups is 1. The summed E-state index contributed by atoms with van der Waals surface area (Å²) in [6.07, 6.45) is -4.63. The molecule has 1 fully saturated rings. The molecule has 2 amide bonds. The van der Waals surface area contributed by atoms with Crippen molar-refractivity contribution in [1.29, 1.82) is 0 Å². The largest absolute Gasteiger partial charge is 0.481 e. The van der Waals surface area contributed by atoms with Crippen molar-refractivity contribution in [2.75, 3.05) is 44.0 Å². The van der Waals surface area contributed by atoms with Crippen LogP contribution >= 0.6 is 34.4 Å². The Morgan fingerprint density at radius 1 is 1.08 bits per heavy atom. The fourth-order valence-electron chi connectivity index (χ4n) is 4.70. The normalized spacial score (nSPS) is 23.2. The molecule has 0 radical (unpaired) electrons. The van der Waals surface area contributed by atoms with Crippen molar-refractivity contribution in [1.82, 2.24) is 30.2 Å². The molecule has 28 heteroatoms. The molecule has 2 aromatic heterocycles. The molecule has 0 aromatic carbocycles. The predicted molar refractivity (Wildman–Crippen MR) is 185 cm³/mol. The Morgan fingerprint density at radius 2 is 1.74 bits per heavy atom. The number of nitrogens with two attached hydrogens (primary N) is 1. The average molecular weight is 840 g/mol. The topological polar surface area (TPSA) is 364 Å². The zero-order chi connectivity index (χ0) is 39.9. The molecule has 3 heterocycles. The lowest BCUT2D eigenvalue weighted by Gasteiger charge is -2.30. The summed E-state index contributed by atoms with van der Waals surface area (Å²) in [4.78, 5) is 87.1. The maximum absolute atomic E-state index is 12.6. The number of ether oxygens (including phenoxy) is 1. The first-order chi connectivity index (χ1) is 24.5. The van der Waals surface area contributed by atoms with Crippen LogP contribution in [0, 0.1) is 5.41 Å². The number of aliphatic hydroxyl groups excluding tert-OH is 2. The van der Waals surface area contributed by atoms with Crippen LogP contribution in [0.25, 0.3) is 11.2 Å². The maximum Gasteiger partial charge on any atom is 0.481 e. The van der Waals surface area contributed by atoms with Gasteiger partial charge in [0.15, 0.2) is 22.8 Å². The first-order valence-corrected chi connectivity index (χ1v) is 22.1. The lowest BCUT2D eigenvalue weighted by molar-refractivity contribution is -0.137. The lowest BCUT2D eigenvalue weighted by Crippen LogP contribution is -2.46. The number of hydrogen-bond donors (Lipinski definition) is 10. The number of imidazole rings is 1. The molecular weight excluding hydrogens is 795 g/mol. The van der Waals surface area contributed by atoms with E-state index in [4.69, 9.17) is 19.5 Å². The van der Waals surface area contributed by atoms with E-state index in [-0.39, 0.29) is 41.6 Å². The van der Waals surface area contributed by atoms with Crippen molar-refractivity contribution in [3.05, 3.63) is 12.7 Å². The van der Waals surface area contributed by atoms with Gasteiger partial charge >= 0.3 is 23.5 Å². The van der Waals surface area contributed by atoms with Gasteiger partial charge in [0.1, 0.15) is 36.3 Å². The Hall–Kier alpha value is -2.44. The SMILES string of the molecule is CCC(=O)[SH](C)CCNC(=O)CCNC(=O)C(O)C(C)(C)COP(=O)(O)OP(=O)(O)OC[C@H]1O[C@@H](n2cnc3c(N)ncnc32)[C@H](O)[C@@H]1OP(=O)(O)O. The van der Waals surface area contributed by atoms with Gasteiger partial charge < -0.3 is 50.9 Å². The molecule has 0 aliphatic carbocycles. The Kier molecular flexibility index (Phi) is 15.7. The van der Waals surface area contributed by atoms with Crippen LogP contribution < -0.4 is 16.4 Å². The molecule has 0 saturated carbocycles. The molecule has 2 aromatic rings. The van der Waals surface area contributed by atoms with E-state index in [1.165, 1.54) is 13.8 Å². The number of phosphoric ester groups is 3. The van der Waals surface area contributed by atoms with Gasteiger partial charge in [0, 0.05) is 31.3 Å². The highest BCUT2D eigenvalue weighted by Crippen LogP contribution is 2.61. The number of nitrogens with one attached hydrogen (secondary N) is 2. The second-order valence-electron chi connectivity index (χ2n) is 12.2. The number of aromatic nitrogens is 4. The molecule has 1 aliphatic heterocycles. The van der Waals surface area contributed by atoms with Crippen LogP contribution in [0.3, 0.4) is 0 Å². The molecule has 3 rings (SSSR count). The molecule has 4 unspecified atom stereocenters. The average Bonchev–Trinajstić information content (AvgIpc) is 3.62. The summed E-state index contributed by atoms with van der Waals surface area (Å²) < 4.78 is 62.0. The monoisotopic (exact) mass is 839 g/mol. The van der Waals surface area contributed by atoms with E-state index in [0.29, 0.717) is 12.2 Å². The van der Waals surface area contributed by atoms with Gasteiger partial charge in [-0.05, 0) is 12.0 Å². The summed E-state index contributed by atoms with van der Waals surface area (Å²) in [7, 11) is -17.2. The van der Waals surface area contributed by atoms with E-state index in [1.807, 2.05) is 6.26 Å². The van der Waals surface area contributed by atoms with Gasteiger partial charge in [0.2, 0.25) is 11.8 Å². The first kappa shape index (κ1) is 45.0. The molecule has 1 aliphatic rings. The molecule has 0 bridgehead atoms. The lowest BCUT2D eigenvalue weighted by atomic mass is 9.87. The van der Waals surface area contributed by atoms with Crippen molar-refractivity contribution in [3.63, 3.8) is 0 Å². The number of phosphoric acid groups is 3. The van der Waals surface area contributed by atoms with E-state index in [9.17, 15) is 57.9 Å². The highest BCUT2D eigenvalue weighted by molar-refractivity contribution is 8.29. The molecular formula is C25H44N7O17P3S. The van der Waals surface area contributed by atoms with Crippen LogP contribution in [-0.2, 0) is 50.7 Å². The molecule has 53 heavy (non-hydrogen) atoms. The minimum atomic E-state index is -5.56. The number of aliphatic hydroxyl groups is 2. The second-order valence-corrected chi connectivity index (χ2v) is 18.8. The zero-order valence-electron chi connectivity index (χ0n) is 28.8. The highest BCUT2D eigenvalue weighted by atomic mass is 32.2. The third-order valence-corrected chi connectivity index (χ3v) is 12.7. The molecule has 8 atom stereocenters. The number of rotatable bonds is 20. The third-order valence-electron chi connectivity index (χ3n) is 7.58. The fraction of sp³-hybridized carbons (Fsp3) is 0.680. The Balaban J connectivity index is 1.53. The molecule has 0 spiro atoms. The van der Waals surface area contributed by atoms with E-state index >= 15 is 0 Å². The first-order valence-electron chi connectivity index (χ1n) is 15.6. The van der Waals surface area contributed by atoms with Crippen molar-refractivity contribution in [2.45, 2.75) is 64.3 Å². The summed E-state index contributed by atoms with van der Waals surface area (Å²) in [5.41, 5.74) is 4.27. The molecule has 10 N–H and O–H groups in total. The van der Waals surface area contributed by atoms with E-state index in [2.05, 4.69) is 34.4 Å². The van der Waals surface area contributed by atoms with Crippen LogP contribution in [0.15, 0.2) is 12.7 Å². The van der Waals surface area contributed by atoms with Crippen LogP contribution in [0.2, 0.25) is 0 Å². The molecule has 24 nitrogen and oxygen atoms in total. The second kappa shape index (κ2) is 18.5. The number of amides is 2. The van der Waals surface area contributed by atoms with Gasteiger partial charge in [-0.25, -0.2) is 28.6 Å². The van der Waals surface area contributed by atoms with Crippen molar-refractivity contribution < 1.29 is 80.5 Å². The van der Waals surface area contributed by atoms with Gasteiger partial charge in [0.25, 0.3) is 0 Å². The van der Waals surface area contributed by atoms with Crippen molar-refractivity contribution in [2.24, 2.45) is 5.41 Å². The van der Waals surface area contributed by atoms with Gasteiger partial charge in [-0.2, -0.15) is 15.2 Å². The number of carbonyl (C=O) groups is 3. The van der Waals surface area contributed by atoms with Crippen molar-refractivity contribution in [3.8, 4) is 0 Å². The quantitative estimate of drug-likeness (QED) is 0.0563. The maximum atomic E-state index is 12.6. The van der Waals surface area contributed by atoms with Crippen LogP contribution in [0.1, 0.15) is 39.8 Å². The summed E-state index contributed by atoms with van der Waals surface area (Å²) in [5.74, 6) is -0.904.